The Morgan fingerprint density at radius 1 is 1.22 bits per heavy atom. The van der Waals surface area contributed by atoms with E-state index in [2.05, 4.69) is 5.32 Å². The molecule has 0 radical (unpaired) electrons. The summed E-state index contributed by atoms with van der Waals surface area (Å²) in [6.45, 7) is 2.58. The zero-order valence-corrected chi connectivity index (χ0v) is 15.4. The van der Waals surface area contributed by atoms with Gasteiger partial charge in [0.05, 0.1) is 13.7 Å². The molecule has 27 heavy (non-hydrogen) atoms. The van der Waals surface area contributed by atoms with Gasteiger partial charge in [-0.1, -0.05) is 6.07 Å². The van der Waals surface area contributed by atoms with Crippen LogP contribution >= 0.6 is 0 Å². The lowest BCUT2D eigenvalue weighted by Crippen LogP contribution is -2.47. The molecule has 0 spiro atoms. The van der Waals surface area contributed by atoms with Crippen LogP contribution in [-0.2, 0) is 14.3 Å². The van der Waals surface area contributed by atoms with Gasteiger partial charge in [-0.25, -0.2) is 9.59 Å². The molecule has 2 N–H and O–H groups in total. The molecule has 1 heterocycles. The van der Waals surface area contributed by atoms with E-state index in [0.29, 0.717) is 32.5 Å². The summed E-state index contributed by atoms with van der Waals surface area (Å²) in [4.78, 5) is 37.3. The van der Waals surface area contributed by atoms with Crippen molar-refractivity contribution in [2.24, 2.45) is 0 Å². The van der Waals surface area contributed by atoms with Crippen LogP contribution in [0, 0.1) is 0 Å². The molecule has 148 valence electrons. The van der Waals surface area contributed by atoms with Crippen LogP contribution < -0.4 is 10.1 Å². The Labute approximate surface area is 157 Å². The number of phenolic OH excluding ortho intramolecular Hbond substituents is 1. The summed E-state index contributed by atoms with van der Waals surface area (Å²) >= 11 is 0. The molecule has 1 fully saturated rings. The summed E-state index contributed by atoms with van der Waals surface area (Å²) in [7, 11) is 1.37. The summed E-state index contributed by atoms with van der Waals surface area (Å²) in [5.74, 6) is -1.46. The zero-order valence-electron chi connectivity index (χ0n) is 15.4. The van der Waals surface area contributed by atoms with Crippen molar-refractivity contribution >= 4 is 18.0 Å². The molecule has 2 rings (SSSR count). The number of hydrogen-bond donors (Lipinski definition) is 2. The van der Waals surface area contributed by atoms with Gasteiger partial charge in [0.1, 0.15) is 5.56 Å². The Hall–Kier alpha value is -2.97. The molecule has 0 aliphatic carbocycles. The predicted octanol–water partition coefficient (Wildman–Crippen LogP) is 1.29. The highest BCUT2D eigenvalue weighted by molar-refractivity contribution is 5.94. The minimum atomic E-state index is -0.821. The summed E-state index contributed by atoms with van der Waals surface area (Å²) in [5.41, 5.74) is -0.0788. The average Bonchev–Trinajstić information content (AvgIpc) is 2.67. The molecule has 1 aromatic carbocycles. The molecule has 0 unspecified atom stereocenters. The standard InChI is InChI=1S/C18H24N2O7/c1-3-26-18(24)20-9-7-12(8-10-20)19-15(21)11-27-17(23)13-5-4-6-14(25-2)16(13)22/h4-6,12,22H,3,7-11H2,1-2H3,(H,19,21). The van der Waals surface area contributed by atoms with E-state index in [4.69, 9.17) is 14.2 Å². The number of esters is 1. The van der Waals surface area contributed by atoms with Crippen LogP contribution in [0.25, 0.3) is 0 Å². The van der Waals surface area contributed by atoms with Crippen molar-refractivity contribution < 1.29 is 33.7 Å². The number of aromatic hydroxyl groups is 1. The molecule has 1 aliphatic heterocycles. The number of ether oxygens (including phenoxy) is 3. The SMILES string of the molecule is CCOC(=O)N1CCC(NC(=O)COC(=O)c2cccc(OC)c2O)CC1. The van der Waals surface area contributed by atoms with E-state index in [1.165, 1.54) is 25.3 Å². The minimum Gasteiger partial charge on any atom is -0.504 e. The van der Waals surface area contributed by atoms with Crippen LogP contribution in [0.3, 0.4) is 0 Å². The number of nitrogens with one attached hydrogen (secondary N) is 1. The number of amides is 2. The Balaban J connectivity index is 1.77. The number of para-hydroxylation sites is 1. The fourth-order valence-corrected chi connectivity index (χ4v) is 2.75. The highest BCUT2D eigenvalue weighted by Crippen LogP contribution is 2.29. The van der Waals surface area contributed by atoms with Gasteiger partial charge in [0, 0.05) is 19.1 Å². The van der Waals surface area contributed by atoms with Gasteiger partial charge in [0.2, 0.25) is 0 Å². The molecule has 0 aromatic heterocycles. The van der Waals surface area contributed by atoms with Gasteiger partial charge in [-0.2, -0.15) is 0 Å². The molecule has 1 aromatic rings. The third-order valence-corrected chi connectivity index (χ3v) is 4.16. The molecule has 9 heteroatoms. The number of methoxy groups -OCH3 is 1. The first-order valence-electron chi connectivity index (χ1n) is 8.70. The lowest BCUT2D eigenvalue weighted by molar-refractivity contribution is -0.125. The normalized spacial score (nSPS) is 14.4. The van der Waals surface area contributed by atoms with Crippen LogP contribution in [0.1, 0.15) is 30.1 Å². The van der Waals surface area contributed by atoms with Crippen LogP contribution in [0.5, 0.6) is 11.5 Å². The van der Waals surface area contributed by atoms with E-state index in [0.717, 1.165) is 0 Å². The molecule has 0 atom stereocenters. The average molecular weight is 380 g/mol. The van der Waals surface area contributed by atoms with Gasteiger partial charge in [0.15, 0.2) is 18.1 Å². The Morgan fingerprint density at radius 3 is 2.56 bits per heavy atom. The third-order valence-electron chi connectivity index (χ3n) is 4.16. The third kappa shape index (κ3) is 5.50. The van der Waals surface area contributed by atoms with Crippen molar-refractivity contribution in [2.75, 3.05) is 33.4 Å². The van der Waals surface area contributed by atoms with Crippen LogP contribution in [-0.4, -0.2) is 67.4 Å². The van der Waals surface area contributed by atoms with Crippen molar-refractivity contribution in [1.29, 1.82) is 0 Å². The smallest absolute Gasteiger partial charge is 0.409 e. The zero-order chi connectivity index (χ0) is 19.8. The predicted molar refractivity (Wildman–Crippen MR) is 94.7 cm³/mol. The van der Waals surface area contributed by atoms with Crippen molar-refractivity contribution in [2.45, 2.75) is 25.8 Å². The number of likely N-dealkylation sites (tertiary alicyclic amines) is 1. The number of carbonyl (C=O) groups excluding carboxylic acids is 3. The van der Waals surface area contributed by atoms with Gasteiger partial charge >= 0.3 is 12.1 Å². The van der Waals surface area contributed by atoms with E-state index in [1.54, 1.807) is 11.8 Å². The van der Waals surface area contributed by atoms with Crippen molar-refractivity contribution in [3.63, 3.8) is 0 Å². The lowest BCUT2D eigenvalue weighted by atomic mass is 10.1. The number of phenols is 1. The van der Waals surface area contributed by atoms with Crippen molar-refractivity contribution in [3.05, 3.63) is 23.8 Å². The number of hydrogen-bond acceptors (Lipinski definition) is 7. The maximum Gasteiger partial charge on any atom is 0.409 e. The van der Waals surface area contributed by atoms with Crippen LogP contribution in [0.2, 0.25) is 0 Å². The van der Waals surface area contributed by atoms with E-state index in [9.17, 15) is 19.5 Å². The van der Waals surface area contributed by atoms with Gasteiger partial charge in [0.25, 0.3) is 5.91 Å². The van der Waals surface area contributed by atoms with Gasteiger partial charge in [-0.05, 0) is 31.9 Å². The maximum absolute atomic E-state index is 12.0. The van der Waals surface area contributed by atoms with Crippen LogP contribution in [0.4, 0.5) is 4.79 Å². The van der Waals surface area contributed by atoms with Gasteiger partial charge < -0.3 is 29.5 Å². The Morgan fingerprint density at radius 2 is 1.93 bits per heavy atom. The monoisotopic (exact) mass is 380 g/mol. The molecule has 2 amide bonds. The first-order valence-corrected chi connectivity index (χ1v) is 8.70. The maximum atomic E-state index is 12.0. The van der Waals surface area contributed by atoms with E-state index >= 15 is 0 Å². The second kappa shape index (κ2) is 9.65. The molecule has 1 aliphatic rings. The lowest BCUT2D eigenvalue weighted by Gasteiger charge is -2.31. The number of nitrogens with zero attached hydrogens (tertiary/aromatic N) is 1. The van der Waals surface area contributed by atoms with E-state index in [-0.39, 0.29) is 29.2 Å². The molecule has 9 nitrogen and oxygen atoms in total. The number of benzene rings is 1. The fourth-order valence-electron chi connectivity index (χ4n) is 2.75. The van der Waals surface area contributed by atoms with Gasteiger partial charge in [-0.3, -0.25) is 4.79 Å². The molecule has 0 saturated carbocycles. The van der Waals surface area contributed by atoms with E-state index < -0.39 is 18.5 Å². The first kappa shape index (κ1) is 20.3. The number of rotatable bonds is 6. The fraction of sp³-hybridized carbons (Fsp3) is 0.500. The van der Waals surface area contributed by atoms with E-state index in [1.807, 2.05) is 0 Å². The van der Waals surface area contributed by atoms with Crippen molar-refractivity contribution in [3.8, 4) is 11.5 Å². The summed E-state index contributed by atoms with van der Waals surface area (Å²) in [6, 6.07) is 4.31. The Bertz CT molecular complexity index is 684. The highest BCUT2D eigenvalue weighted by Gasteiger charge is 2.25. The summed E-state index contributed by atoms with van der Waals surface area (Å²) in [5, 5.41) is 12.7. The molecular formula is C18H24N2O7. The quantitative estimate of drug-likeness (QED) is 0.715. The van der Waals surface area contributed by atoms with Crippen molar-refractivity contribution in [1.82, 2.24) is 10.2 Å². The Kier molecular flexibility index (Phi) is 7.27. The highest BCUT2D eigenvalue weighted by atomic mass is 16.6. The van der Waals surface area contributed by atoms with Crippen LogP contribution in [0.15, 0.2) is 18.2 Å². The summed E-state index contributed by atoms with van der Waals surface area (Å²) in [6.07, 6.45) is 0.832. The number of piperidine rings is 1. The number of carbonyl (C=O) groups is 3. The second-order valence-electron chi connectivity index (χ2n) is 5.96. The molecule has 1 saturated heterocycles. The topological polar surface area (TPSA) is 114 Å². The second-order valence-corrected chi connectivity index (χ2v) is 5.96. The molecule has 0 bridgehead atoms. The largest absolute Gasteiger partial charge is 0.504 e. The minimum absolute atomic E-state index is 0.0788. The molecular weight excluding hydrogens is 356 g/mol. The van der Waals surface area contributed by atoms with Gasteiger partial charge in [-0.15, -0.1) is 0 Å². The summed E-state index contributed by atoms with van der Waals surface area (Å²) < 4.78 is 14.8. The first-order chi connectivity index (χ1) is 13.0.